The van der Waals surface area contributed by atoms with Crippen LogP contribution in [0.4, 0.5) is 0 Å². The van der Waals surface area contributed by atoms with Gasteiger partial charge < -0.3 is 10.1 Å². The molecule has 0 aromatic carbocycles. The molecular formula is C11H22ClNO. The van der Waals surface area contributed by atoms with Gasteiger partial charge in [0, 0.05) is 19.5 Å². The van der Waals surface area contributed by atoms with E-state index < -0.39 is 0 Å². The second kappa shape index (κ2) is 6.65. The zero-order chi connectivity index (χ0) is 10.4. The van der Waals surface area contributed by atoms with E-state index in [0.29, 0.717) is 6.10 Å². The van der Waals surface area contributed by atoms with E-state index in [1.807, 2.05) is 0 Å². The van der Waals surface area contributed by atoms with E-state index in [2.05, 4.69) is 12.2 Å². The lowest BCUT2D eigenvalue weighted by Crippen LogP contribution is -2.32. The second-order valence-electron chi connectivity index (χ2n) is 4.31. The zero-order valence-corrected chi connectivity index (χ0v) is 10.0. The summed E-state index contributed by atoms with van der Waals surface area (Å²) in [6.45, 7) is 4.13. The SMILES string of the molecule is COC(C)CNCC1CCCC1CCl. The van der Waals surface area contributed by atoms with Crippen LogP contribution in [0.15, 0.2) is 0 Å². The van der Waals surface area contributed by atoms with E-state index in [9.17, 15) is 0 Å². The number of methoxy groups -OCH3 is 1. The second-order valence-corrected chi connectivity index (χ2v) is 4.62. The minimum atomic E-state index is 0.311. The summed E-state index contributed by atoms with van der Waals surface area (Å²) in [5.41, 5.74) is 0. The molecule has 1 aliphatic carbocycles. The van der Waals surface area contributed by atoms with Crippen LogP contribution >= 0.6 is 11.6 Å². The molecule has 3 unspecified atom stereocenters. The highest BCUT2D eigenvalue weighted by molar-refractivity contribution is 6.18. The van der Waals surface area contributed by atoms with Crippen molar-refractivity contribution in [1.82, 2.24) is 5.32 Å². The van der Waals surface area contributed by atoms with Gasteiger partial charge in [-0.2, -0.15) is 0 Å². The molecule has 1 aliphatic rings. The van der Waals surface area contributed by atoms with E-state index in [1.54, 1.807) is 7.11 Å². The van der Waals surface area contributed by atoms with Crippen molar-refractivity contribution in [3.8, 4) is 0 Å². The summed E-state index contributed by atoms with van der Waals surface area (Å²) in [6.07, 6.45) is 4.32. The first-order valence-corrected chi connectivity index (χ1v) is 6.10. The molecule has 0 aromatic heterocycles. The molecule has 84 valence electrons. The molecule has 0 saturated heterocycles. The molecule has 1 rings (SSSR count). The molecule has 2 nitrogen and oxygen atoms in total. The third kappa shape index (κ3) is 3.76. The van der Waals surface area contributed by atoms with Gasteiger partial charge in [-0.1, -0.05) is 6.42 Å². The first-order chi connectivity index (χ1) is 6.77. The highest BCUT2D eigenvalue weighted by atomic mass is 35.5. The van der Waals surface area contributed by atoms with Crippen LogP contribution in [0.5, 0.6) is 0 Å². The summed E-state index contributed by atoms with van der Waals surface area (Å²) in [7, 11) is 1.75. The topological polar surface area (TPSA) is 21.3 Å². The van der Waals surface area contributed by atoms with Gasteiger partial charge in [-0.25, -0.2) is 0 Å². The molecule has 3 atom stereocenters. The van der Waals surface area contributed by atoms with Crippen LogP contribution in [0.2, 0.25) is 0 Å². The van der Waals surface area contributed by atoms with E-state index in [0.717, 1.165) is 30.8 Å². The van der Waals surface area contributed by atoms with Crippen molar-refractivity contribution in [2.75, 3.05) is 26.1 Å². The Balaban J connectivity index is 2.11. The lowest BCUT2D eigenvalue weighted by Gasteiger charge is -2.19. The number of hydrogen-bond acceptors (Lipinski definition) is 2. The van der Waals surface area contributed by atoms with Gasteiger partial charge in [0.2, 0.25) is 0 Å². The molecule has 1 N–H and O–H groups in total. The third-order valence-corrected chi connectivity index (χ3v) is 3.65. The van der Waals surface area contributed by atoms with Crippen molar-refractivity contribution in [1.29, 1.82) is 0 Å². The van der Waals surface area contributed by atoms with Gasteiger partial charge in [0.25, 0.3) is 0 Å². The van der Waals surface area contributed by atoms with Gasteiger partial charge in [-0.3, -0.25) is 0 Å². The predicted octanol–water partition coefficient (Wildman–Crippen LogP) is 2.27. The molecule has 0 bridgehead atoms. The molecule has 0 radical (unpaired) electrons. The largest absolute Gasteiger partial charge is 0.380 e. The van der Waals surface area contributed by atoms with Gasteiger partial charge in [0.1, 0.15) is 0 Å². The van der Waals surface area contributed by atoms with Gasteiger partial charge in [0.15, 0.2) is 0 Å². The van der Waals surface area contributed by atoms with Gasteiger partial charge in [-0.15, -0.1) is 11.6 Å². The van der Waals surface area contributed by atoms with Crippen LogP contribution in [-0.4, -0.2) is 32.2 Å². The number of hydrogen-bond donors (Lipinski definition) is 1. The molecule has 3 heteroatoms. The Bertz CT molecular complexity index is 154. The van der Waals surface area contributed by atoms with Crippen molar-refractivity contribution in [3.63, 3.8) is 0 Å². The minimum Gasteiger partial charge on any atom is -0.380 e. The van der Waals surface area contributed by atoms with Crippen molar-refractivity contribution >= 4 is 11.6 Å². The average molecular weight is 220 g/mol. The molecule has 0 amide bonds. The van der Waals surface area contributed by atoms with Crippen LogP contribution in [0.1, 0.15) is 26.2 Å². The molecule has 0 spiro atoms. The van der Waals surface area contributed by atoms with E-state index >= 15 is 0 Å². The Morgan fingerprint density at radius 1 is 1.43 bits per heavy atom. The minimum absolute atomic E-state index is 0.311. The van der Waals surface area contributed by atoms with Crippen LogP contribution in [0.3, 0.4) is 0 Å². The van der Waals surface area contributed by atoms with Gasteiger partial charge in [-0.05, 0) is 38.1 Å². The molecule has 0 heterocycles. The molecular weight excluding hydrogens is 198 g/mol. The highest BCUT2D eigenvalue weighted by Crippen LogP contribution is 2.31. The molecule has 0 aliphatic heterocycles. The van der Waals surface area contributed by atoms with Gasteiger partial charge >= 0.3 is 0 Å². The maximum Gasteiger partial charge on any atom is 0.0667 e. The maximum atomic E-state index is 5.92. The first-order valence-electron chi connectivity index (χ1n) is 5.57. The lowest BCUT2D eigenvalue weighted by molar-refractivity contribution is 0.115. The number of nitrogens with one attached hydrogen (secondary N) is 1. The van der Waals surface area contributed by atoms with Crippen LogP contribution < -0.4 is 5.32 Å². The van der Waals surface area contributed by atoms with Gasteiger partial charge in [0.05, 0.1) is 6.10 Å². The van der Waals surface area contributed by atoms with Crippen LogP contribution in [0, 0.1) is 11.8 Å². The number of alkyl halides is 1. The number of rotatable bonds is 6. The van der Waals surface area contributed by atoms with E-state index in [1.165, 1.54) is 19.3 Å². The van der Waals surface area contributed by atoms with Crippen LogP contribution in [0.25, 0.3) is 0 Å². The van der Waals surface area contributed by atoms with E-state index in [-0.39, 0.29) is 0 Å². The van der Waals surface area contributed by atoms with Crippen molar-refractivity contribution < 1.29 is 4.74 Å². The summed E-state index contributed by atoms with van der Waals surface area (Å²) in [4.78, 5) is 0. The molecule has 1 saturated carbocycles. The van der Waals surface area contributed by atoms with Crippen LogP contribution in [-0.2, 0) is 4.74 Å². The van der Waals surface area contributed by atoms with E-state index in [4.69, 9.17) is 16.3 Å². The van der Waals surface area contributed by atoms with Crippen molar-refractivity contribution in [2.45, 2.75) is 32.3 Å². The summed E-state index contributed by atoms with van der Waals surface area (Å²) in [6, 6.07) is 0. The normalized spacial score (nSPS) is 29.4. The summed E-state index contributed by atoms with van der Waals surface area (Å²) < 4.78 is 5.18. The Hall–Kier alpha value is 0.210. The first kappa shape index (κ1) is 12.3. The quantitative estimate of drug-likeness (QED) is 0.693. The highest BCUT2D eigenvalue weighted by Gasteiger charge is 2.25. The molecule has 14 heavy (non-hydrogen) atoms. The fourth-order valence-corrected chi connectivity index (χ4v) is 2.55. The molecule has 1 fully saturated rings. The van der Waals surface area contributed by atoms with Crippen molar-refractivity contribution in [3.05, 3.63) is 0 Å². The zero-order valence-electron chi connectivity index (χ0n) is 9.26. The number of ether oxygens (including phenoxy) is 1. The Morgan fingerprint density at radius 3 is 2.79 bits per heavy atom. The van der Waals surface area contributed by atoms with Crippen molar-refractivity contribution in [2.24, 2.45) is 11.8 Å². The molecule has 0 aromatic rings. The monoisotopic (exact) mass is 219 g/mol. The third-order valence-electron chi connectivity index (χ3n) is 3.26. The fraction of sp³-hybridized carbons (Fsp3) is 1.00. The summed E-state index contributed by atoms with van der Waals surface area (Å²) in [5, 5.41) is 3.46. The predicted molar refractivity (Wildman–Crippen MR) is 60.9 cm³/mol. The standard InChI is InChI=1S/C11H22ClNO/c1-9(14-2)7-13-8-11-5-3-4-10(11)6-12/h9-11,13H,3-8H2,1-2H3. The smallest absolute Gasteiger partial charge is 0.0667 e. The summed E-state index contributed by atoms with van der Waals surface area (Å²) >= 11 is 5.92. The maximum absolute atomic E-state index is 5.92. The Morgan fingerprint density at radius 2 is 2.14 bits per heavy atom. The summed E-state index contributed by atoms with van der Waals surface area (Å²) in [5.74, 6) is 2.35. The Kier molecular flexibility index (Phi) is 5.83. The number of halogens is 1. The Labute approximate surface area is 92.3 Å². The lowest BCUT2D eigenvalue weighted by atomic mass is 9.98. The average Bonchev–Trinajstić information content (AvgIpc) is 2.65. The fourth-order valence-electron chi connectivity index (χ4n) is 2.14.